The molecule has 8 nitrogen and oxygen atoms in total. The highest BCUT2D eigenvalue weighted by Crippen LogP contribution is 2.30. The van der Waals surface area contributed by atoms with E-state index in [4.69, 9.17) is 20.8 Å². The van der Waals surface area contributed by atoms with E-state index in [1.54, 1.807) is 54.6 Å². The Bertz CT molecular complexity index is 1030. The van der Waals surface area contributed by atoms with Crippen molar-refractivity contribution in [2.24, 2.45) is 5.10 Å². The maximum absolute atomic E-state index is 11.8. The van der Waals surface area contributed by atoms with E-state index in [0.717, 1.165) is 0 Å². The Morgan fingerprint density at radius 3 is 2.71 bits per heavy atom. The Kier molecular flexibility index (Phi) is 6.03. The quantitative estimate of drug-likeness (QED) is 0.366. The molecule has 0 aliphatic carbocycles. The van der Waals surface area contributed by atoms with E-state index in [0.29, 0.717) is 27.9 Å². The minimum Gasteiger partial charge on any atom is -0.482 e. The molecule has 0 saturated carbocycles. The van der Waals surface area contributed by atoms with Crippen molar-refractivity contribution >= 4 is 29.4 Å². The maximum Gasteiger partial charge on any atom is 0.280 e. The van der Waals surface area contributed by atoms with Crippen molar-refractivity contribution in [1.29, 1.82) is 0 Å². The average molecular weight is 400 g/mol. The molecular formula is C19H14ClN3O5. The lowest BCUT2D eigenvalue weighted by Crippen LogP contribution is -2.24. The molecule has 0 spiro atoms. The summed E-state index contributed by atoms with van der Waals surface area (Å²) >= 11 is 5.93. The largest absolute Gasteiger partial charge is 0.482 e. The molecule has 0 atom stereocenters. The standard InChI is InChI=1S/C19H14ClN3O5/c20-15-6-2-4-8-18(15)27-12-19(24)22-21-11-13-9-10-17(28-13)14-5-1-3-7-16(14)23(25)26/h1-11H,12H2,(H,22,24). The lowest BCUT2D eigenvalue weighted by atomic mass is 10.1. The maximum atomic E-state index is 11.8. The zero-order valence-corrected chi connectivity index (χ0v) is 15.1. The Morgan fingerprint density at radius 1 is 1.18 bits per heavy atom. The van der Waals surface area contributed by atoms with Crippen LogP contribution in [0.15, 0.2) is 70.2 Å². The summed E-state index contributed by atoms with van der Waals surface area (Å²) in [5.74, 6) is 0.549. The van der Waals surface area contributed by atoms with E-state index in [-0.39, 0.29) is 12.3 Å². The fraction of sp³-hybridized carbons (Fsp3) is 0.0526. The number of hydrazone groups is 1. The van der Waals surface area contributed by atoms with Crippen molar-refractivity contribution in [2.45, 2.75) is 0 Å². The van der Waals surface area contributed by atoms with Crippen LogP contribution in [0.1, 0.15) is 5.76 Å². The van der Waals surface area contributed by atoms with E-state index in [1.165, 1.54) is 12.3 Å². The van der Waals surface area contributed by atoms with Crippen LogP contribution in [0.3, 0.4) is 0 Å². The normalized spacial score (nSPS) is 10.8. The van der Waals surface area contributed by atoms with Gasteiger partial charge in [-0.25, -0.2) is 5.43 Å². The SMILES string of the molecule is O=C(COc1ccccc1Cl)NN=Cc1ccc(-c2ccccc2[N+](=O)[O-])o1. The van der Waals surface area contributed by atoms with Gasteiger partial charge >= 0.3 is 0 Å². The predicted octanol–water partition coefficient (Wildman–Crippen LogP) is 4.04. The van der Waals surface area contributed by atoms with Crippen molar-refractivity contribution < 1.29 is 18.9 Å². The van der Waals surface area contributed by atoms with Crippen molar-refractivity contribution in [3.05, 3.63) is 81.6 Å². The number of ether oxygens (including phenoxy) is 1. The van der Waals surface area contributed by atoms with E-state index >= 15 is 0 Å². The molecule has 1 amide bonds. The van der Waals surface area contributed by atoms with Gasteiger partial charge in [-0.2, -0.15) is 5.10 Å². The van der Waals surface area contributed by atoms with E-state index < -0.39 is 10.8 Å². The predicted molar refractivity (Wildman–Crippen MR) is 103 cm³/mol. The second-order valence-corrected chi connectivity index (χ2v) is 5.90. The minimum absolute atomic E-state index is 0.0645. The molecule has 3 rings (SSSR count). The van der Waals surface area contributed by atoms with Gasteiger partial charge in [-0.1, -0.05) is 35.9 Å². The molecule has 0 saturated heterocycles. The van der Waals surface area contributed by atoms with Crippen molar-refractivity contribution in [3.63, 3.8) is 0 Å². The van der Waals surface area contributed by atoms with Crippen LogP contribution in [0.25, 0.3) is 11.3 Å². The first-order chi connectivity index (χ1) is 13.5. The molecule has 0 bridgehead atoms. The third kappa shape index (κ3) is 4.74. The molecule has 1 aromatic heterocycles. The van der Waals surface area contributed by atoms with Gasteiger partial charge in [0, 0.05) is 6.07 Å². The molecular weight excluding hydrogens is 386 g/mol. The van der Waals surface area contributed by atoms with Crippen LogP contribution >= 0.6 is 11.6 Å². The average Bonchev–Trinajstić information content (AvgIpc) is 3.16. The topological polar surface area (TPSA) is 107 Å². The second kappa shape index (κ2) is 8.83. The molecule has 0 unspecified atom stereocenters. The van der Waals surface area contributed by atoms with Gasteiger partial charge < -0.3 is 9.15 Å². The van der Waals surface area contributed by atoms with Crippen molar-refractivity contribution in [3.8, 4) is 17.1 Å². The molecule has 0 fully saturated rings. The van der Waals surface area contributed by atoms with Gasteiger partial charge in [0.05, 0.1) is 21.7 Å². The smallest absolute Gasteiger partial charge is 0.280 e. The highest BCUT2D eigenvalue weighted by molar-refractivity contribution is 6.32. The van der Waals surface area contributed by atoms with Gasteiger partial charge in [-0.3, -0.25) is 14.9 Å². The van der Waals surface area contributed by atoms with E-state index in [1.807, 2.05) is 0 Å². The summed E-state index contributed by atoms with van der Waals surface area (Å²) in [6.07, 6.45) is 1.28. The number of benzene rings is 2. The molecule has 1 heterocycles. The fourth-order valence-electron chi connectivity index (χ4n) is 2.31. The summed E-state index contributed by atoms with van der Waals surface area (Å²) in [6.45, 7) is -0.263. The van der Waals surface area contributed by atoms with Crippen LogP contribution in [0.5, 0.6) is 5.75 Å². The Morgan fingerprint density at radius 2 is 1.93 bits per heavy atom. The van der Waals surface area contributed by atoms with Crippen LogP contribution in [-0.4, -0.2) is 23.7 Å². The number of furan rings is 1. The highest BCUT2D eigenvalue weighted by Gasteiger charge is 2.16. The summed E-state index contributed by atoms with van der Waals surface area (Å²) in [7, 11) is 0. The van der Waals surface area contributed by atoms with Gasteiger partial charge in [-0.15, -0.1) is 0 Å². The number of hydrogen-bond donors (Lipinski definition) is 1. The molecule has 0 aliphatic rings. The van der Waals surface area contributed by atoms with Crippen LogP contribution in [0, 0.1) is 10.1 Å². The van der Waals surface area contributed by atoms with Crippen molar-refractivity contribution in [1.82, 2.24) is 5.43 Å². The van der Waals surface area contributed by atoms with Crippen molar-refractivity contribution in [2.75, 3.05) is 6.61 Å². The summed E-state index contributed by atoms with van der Waals surface area (Å²) in [4.78, 5) is 22.4. The van der Waals surface area contributed by atoms with Gasteiger partial charge in [0.1, 0.15) is 17.3 Å². The molecule has 142 valence electrons. The molecule has 0 radical (unpaired) electrons. The summed E-state index contributed by atoms with van der Waals surface area (Å²) in [5.41, 5.74) is 2.58. The monoisotopic (exact) mass is 399 g/mol. The number of rotatable bonds is 7. The molecule has 0 aliphatic heterocycles. The van der Waals surface area contributed by atoms with Crippen LogP contribution < -0.4 is 10.2 Å². The lowest BCUT2D eigenvalue weighted by Gasteiger charge is -2.06. The number of nitro groups is 1. The highest BCUT2D eigenvalue weighted by atomic mass is 35.5. The van der Waals surface area contributed by atoms with E-state index in [9.17, 15) is 14.9 Å². The number of para-hydroxylation sites is 2. The Hall–Kier alpha value is -3.65. The van der Waals surface area contributed by atoms with Gasteiger partial charge in [-0.05, 0) is 30.3 Å². The molecule has 1 N–H and O–H groups in total. The number of amides is 1. The molecule has 9 heteroatoms. The number of carbonyl (C=O) groups is 1. The van der Waals surface area contributed by atoms with Crippen LogP contribution in [-0.2, 0) is 4.79 Å². The third-order valence-corrected chi connectivity index (χ3v) is 3.88. The van der Waals surface area contributed by atoms with E-state index in [2.05, 4.69) is 10.5 Å². The number of hydrogen-bond acceptors (Lipinski definition) is 6. The summed E-state index contributed by atoms with van der Waals surface area (Å²) in [6, 6.07) is 16.2. The van der Waals surface area contributed by atoms with Gasteiger partial charge in [0.2, 0.25) is 0 Å². The number of nitro benzene ring substituents is 1. The zero-order chi connectivity index (χ0) is 19.9. The van der Waals surface area contributed by atoms with Gasteiger partial charge in [0.15, 0.2) is 6.61 Å². The second-order valence-electron chi connectivity index (χ2n) is 5.49. The van der Waals surface area contributed by atoms with Gasteiger partial charge in [0.25, 0.3) is 11.6 Å². The molecule has 3 aromatic rings. The summed E-state index contributed by atoms with van der Waals surface area (Å²) in [5, 5.41) is 15.3. The first kappa shape index (κ1) is 19.1. The minimum atomic E-state index is -0.485. The number of halogens is 1. The molecule has 2 aromatic carbocycles. The Balaban J connectivity index is 1.58. The lowest BCUT2D eigenvalue weighted by molar-refractivity contribution is -0.384. The summed E-state index contributed by atoms with van der Waals surface area (Å²) < 4.78 is 10.8. The zero-order valence-electron chi connectivity index (χ0n) is 14.4. The fourth-order valence-corrected chi connectivity index (χ4v) is 2.50. The van der Waals surface area contributed by atoms with Crippen LogP contribution in [0.4, 0.5) is 5.69 Å². The van der Waals surface area contributed by atoms with Crippen LogP contribution in [0.2, 0.25) is 5.02 Å². The number of nitrogens with one attached hydrogen (secondary N) is 1. The Labute approximate surface area is 164 Å². The third-order valence-electron chi connectivity index (χ3n) is 3.57. The number of carbonyl (C=O) groups excluding carboxylic acids is 1. The molecule has 28 heavy (non-hydrogen) atoms. The first-order valence-corrected chi connectivity index (χ1v) is 8.45. The first-order valence-electron chi connectivity index (χ1n) is 8.07. The number of nitrogens with zero attached hydrogens (tertiary/aromatic N) is 2.